The summed E-state index contributed by atoms with van der Waals surface area (Å²) < 4.78 is 4.83. The fourth-order valence-corrected chi connectivity index (χ4v) is 3.82. The van der Waals surface area contributed by atoms with Crippen LogP contribution in [0.15, 0.2) is 6.20 Å². The van der Waals surface area contributed by atoms with E-state index in [-0.39, 0.29) is 20.8 Å². The van der Waals surface area contributed by atoms with Gasteiger partial charge in [0.1, 0.15) is 5.54 Å². The highest BCUT2D eigenvalue weighted by Gasteiger charge is 2.52. The number of hydrogen-bond acceptors (Lipinski definition) is 6. The molecule has 3 rings (SSSR count). The van der Waals surface area contributed by atoms with E-state index < -0.39 is 36.0 Å². The number of amides is 4. The molecule has 29 heavy (non-hydrogen) atoms. The lowest BCUT2D eigenvalue weighted by Crippen LogP contribution is -2.52. The molecule has 0 aromatic carbocycles. The minimum atomic E-state index is -1.02. The Kier molecular flexibility index (Phi) is 6.21. The Labute approximate surface area is 181 Å². The van der Waals surface area contributed by atoms with Crippen LogP contribution in [0.4, 0.5) is 4.79 Å². The van der Waals surface area contributed by atoms with Gasteiger partial charge in [0.25, 0.3) is 11.8 Å². The van der Waals surface area contributed by atoms with Gasteiger partial charge in [-0.3, -0.25) is 15.0 Å². The van der Waals surface area contributed by atoms with Crippen molar-refractivity contribution in [2.24, 2.45) is 5.92 Å². The number of aromatic nitrogens is 1. The first-order valence-electron chi connectivity index (χ1n) is 8.77. The van der Waals surface area contributed by atoms with Gasteiger partial charge in [-0.2, -0.15) is 5.01 Å². The average Bonchev–Trinajstić information content (AvgIpc) is 2.91. The number of carbonyl (C=O) groups excluding carboxylic acids is 4. The number of carbonyl (C=O) groups is 4. The largest absolute Gasteiger partial charge is 0.451 e. The monoisotopic (exact) mass is 462 g/mol. The maximum atomic E-state index is 12.7. The van der Waals surface area contributed by atoms with E-state index in [1.807, 2.05) is 0 Å². The Bertz CT molecular complexity index is 886. The number of halogens is 3. The molecule has 9 nitrogen and oxygen atoms in total. The molecule has 1 aliphatic carbocycles. The summed E-state index contributed by atoms with van der Waals surface area (Å²) in [6.07, 6.45) is 3.71. The first kappa shape index (κ1) is 21.6. The molecule has 0 unspecified atom stereocenters. The number of rotatable bonds is 4. The van der Waals surface area contributed by atoms with E-state index in [4.69, 9.17) is 39.5 Å². The maximum Gasteiger partial charge on any atom is 0.359 e. The quantitative estimate of drug-likeness (QED) is 0.524. The zero-order chi connectivity index (χ0) is 21.3. The highest BCUT2D eigenvalue weighted by atomic mass is 35.5. The van der Waals surface area contributed by atoms with E-state index >= 15 is 0 Å². The second-order valence-corrected chi connectivity index (χ2v) is 8.19. The molecule has 1 aromatic heterocycles. The van der Waals surface area contributed by atoms with Crippen LogP contribution in [-0.2, 0) is 14.3 Å². The number of pyridine rings is 1. The number of nitrogens with zero attached hydrogens (tertiary/aromatic N) is 2. The van der Waals surface area contributed by atoms with Crippen molar-refractivity contribution in [2.45, 2.75) is 38.1 Å². The summed E-state index contributed by atoms with van der Waals surface area (Å²) in [5.74, 6) is -1.95. The molecule has 0 radical (unpaired) electrons. The van der Waals surface area contributed by atoms with E-state index in [9.17, 15) is 19.2 Å². The van der Waals surface area contributed by atoms with Crippen molar-refractivity contribution in [3.8, 4) is 0 Å². The number of imide groups is 1. The molecule has 12 heteroatoms. The predicted octanol–water partition coefficient (Wildman–Crippen LogP) is 2.73. The van der Waals surface area contributed by atoms with Gasteiger partial charge in [0.2, 0.25) is 0 Å². The second kappa shape index (κ2) is 8.33. The summed E-state index contributed by atoms with van der Waals surface area (Å²) in [7, 11) is 0. The SMILES string of the molecule is CC1CCC2(CC1)NC(=O)N(NC(=O)COC(=O)c1ncc(Cl)c(Cl)c1Cl)C2=O. The van der Waals surface area contributed by atoms with E-state index in [1.54, 1.807) is 0 Å². The zero-order valence-corrected chi connectivity index (χ0v) is 17.5. The van der Waals surface area contributed by atoms with Gasteiger partial charge in [0, 0.05) is 6.20 Å². The van der Waals surface area contributed by atoms with Crippen LogP contribution >= 0.6 is 34.8 Å². The lowest BCUT2D eigenvalue weighted by Gasteiger charge is -2.33. The van der Waals surface area contributed by atoms with E-state index in [0.29, 0.717) is 23.8 Å². The fourth-order valence-electron chi connectivity index (χ4n) is 3.26. The fraction of sp³-hybridized carbons (Fsp3) is 0.471. The Morgan fingerprint density at radius 3 is 2.59 bits per heavy atom. The summed E-state index contributed by atoms with van der Waals surface area (Å²) in [6, 6.07) is -0.724. The highest BCUT2D eigenvalue weighted by Crippen LogP contribution is 2.36. The minimum absolute atomic E-state index is 0.0514. The molecule has 2 heterocycles. The molecule has 1 saturated heterocycles. The average molecular weight is 464 g/mol. The maximum absolute atomic E-state index is 12.7. The van der Waals surface area contributed by atoms with Gasteiger partial charge in [0.15, 0.2) is 12.3 Å². The van der Waals surface area contributed by atoms with Gasteiger partial charge in [0.05, 0.1) is 15.1 Å². The van der Waals surface area contributed by atoms with Crippen LogP contribution in [0.5, 0.6) is 0 Å². The molecule has 156 valence electrons. The van der Waals surface area contributed by atoms with Crippen molar-refractivity contribution >= 4 is 58.6 Å². The molecule has 4 amide bonds. The molecule has 1 saturated carbocycles. The standard InChI is InChI=1S/C17H17Cl3N4O5/c1-8-2-4-17(5-3-8)15(27)24(16(28)22-17)23-10(25)7-29-14(26)13-12(20)11(19)9(18)6-21-13/h6,8H,2-5,7H2,1H3,(H,22,28)(H,23,25). The van der Waals surface area contributed by atoms with Gasteiger partial charge < -0.3 is 10.1 Å². The van der Waals surface area contributed by atoms with E-state index in [1.165, 1.54) is 0 Å². The Balaban J connectivity index is 1.58. The molecule has 2 N–H and O–H groups in total. The summed E-state index contributed by atoms with van der Waals surface area (Å²) in [5.41, 5.74) is 0.843. The number of nitrogens with one attached hydrogen (secondary N) is 2. The molecule has 2 fully saturated rings. The first-order chi connectivity index (χ1) is 13.6. The van der Waals surface area contributed by atoms with E-state index in [2.05, 4.69) is 22.7 Å². The predicted molar refractivity (Wildman–Crippen MR) is 103 cm³/mol. The Hall–Kier alpha value is -2.10. The van der Waals surface area contributed by atoms with Crippen LogP contribution in [-0.4, -0.2) is 46.0 Å². The van der Waals surface area contributed by atoms with Crippen LogP contribution in [0.2, 0.25) is 15.1 Å². The van der Waals surface area contributed by atoms with Crippen LogP contribution in [0, 0.1) is 5.92 Å². The van der Waals surface area contributed by atoms with Crippen LogP contribution < -0.4 is 10.7 Å². The molecular weight excluding hydrogens is 447 g/mol. The van der Waals surface area contributed by atoms with Gasteiger partial charge >= 0.3 is 12.0 Å². The zero-order valence-electron chi connectivity index (χ0n) is 15.3. The topological polar surface area (TPSA) is 118 Å². The minimum Gasteiger partial charge on any atom is -0.451 e. The first-order valence-corrected chi connectivity index (χ1v) is 9.91. The van der Waals surface area contributed by atoms with Crippen molar-refractivity contribution in [3.63, 3.8) is 0 Å². The summed E-state index contributed by atoms with van der Waals surface area (Å²) in [6.45, 7) is 1.31. The Morgan fingerprint density at radius 2 is 1.93 bits per heavy atom. The number of esters is 1. The summed E-state index contributed by atoms with van der Waals surface area (Å²) in [4.78, 5) is 52.7. The van der Waals surface area contributed by atoms with Crippen LogP contribution in [0.1, 0.15) is 43.1 Å². The molecule has 0 bridgehead atoms. The van der Waals surface area contributed by atoms with Crippen molar-refractivity contribution in [3.05, 3.63) is 27.0 Å². The lowest BCUT2D eigenvalue weighted by molar-refractivity contribution is -0.141. The van der Waals surface area contributed by atoms with Crippen molar-refractivity contribution in [2.75, 3.05) is 6.61 Å². The van der Waals surface area contributed by atoms with Crippen molar-refractivity contribution in [1.82, 2.24) is 20.7 Å². The van der Waals surface area contributed by atoms with Crippen molar-refractivity contribution in [1.29, 1.82) is 0 Å². The molecule has 1 aliphatic heterocycles. The Morgan fingerprint density at radius 1 is 1.28 bits per heavy atom. The van der Waals surface area contributed by atoms with Crippen LogP contribution in [0.25, 0.3) is 0 Å². The van der Waals surface area contributed by atoms with Gasteiger partial charge in [-0.25, -0.2) is 14.6 Å². The molecule has 0 atom stereocenters. The molecule has 2 aliphatic rings. The third kappa shape index (κ3) is 4.26. The van der Waals surface area contributed by atoms with Crippen LogP contribution in [0.3, 0.4) is 0 Å². The van der Waals surface area contributed by atoms with Gasteiger partial charge in [-0.1, -0.05) is 41.7 Å². The van der Waals surface area contributed by atoms with E-state index in [0.717, 1.165) is 19.0 Å². The van der Waals surface area contributed by atoms with Gasteiger partial charge in [-0.05, 0) is 31.6 Å². The number of urea groups is 1. The summed E-state index contributed by atoms with van der Waals surface area (Å²) in [5, 5.41) is 3.04. The third-order valence-electron chi connectivity index (χ3n) is 4.97. The van der Waals surface area contributed by atoms with Crippen molar-refractivity contribution < 1.29 is 23.9 Å². The third-order valence-corrected chi connectivity index (χ3v) is 6.21. The lowest BCUT2D eigenvalue weighted by atomic mass is 9.77. The normalized spacial score (nSPS) is 23.9. The number of hydrogen-bond donors (Lipinski definition) is 2. The van der Waals surface area contributed by atoms with Gasteiger partial charge in [-0.15, -0.1) is 0 Å². The number of hydrazine groups is 1. The highest BCUT2D eigenvalue weighted by molar-refractivity contribution is 6.48. The second-order valence-electron chi connectivity index (χ2n) is 7.03. The smallest absolute Gasteiger partial charge is 0.359 e. The summed E-state index contributed by atoms with van der Waals surface area (Å²) >= 11 is 17.5. The molecular formula is C17H17Cl3N4O5. The molecule has 1 spiro atoms. The molecule has 1 aromatic rings. The number of ether oxygens (including phenoxy) is 1.